The Kier molecular flexibility index (Phi) is 2.52. The van der Waals surface area contributed by atoms with Crippen molar-refractivity contribution in [2.24, 2.45) is 5.73 Å². The number of thiophene rings is 1. The summed E-state index contributed by atoms with van der Waals surface area (Å²) in [5, 5.41) is 3.37. The maximum absolute atomic E-state index is 5.63. The fourth-order valence-electron chi connectivity index (χ4n) is 2.09. The molecule has 1 aliphatic heterocycles. The van der Waals surface area contributed by atoms with Crippen LogP contribution in [-0.4, -0.2) is 0 Å². The van der Waals surface area contributed by atoms with Crippen molar-refractivity contribution in [2.45, 2.75) is 19.6 Å². The van der Waals surface area contributed by atoms with E-state index in [2.05, 4.69) is 35.6 Å². The lowest BCUT2D eigenvalue weighted by atomic mass is 10.1. The van der Waals surface area contributed by atoms with E-state index in [1.165, 1.54) is 26.4 Å². The predicted octanol–water partition coefficient (Wildman–Crippen LogP) is 2.48. The Morgan fingerprint density at radius 3 is 2.81 bits per heavy atom. The van der Waals surface area contributed by atoms with Gasteiger partial charge in [0, 0.05) is 29.4 Å². The molecule has 0 unspecified atom stereocenters. The minimum absolute atomic E-state index is 0.636. The van der Waals surface area contributed by atoms with E-state index >= 15 is 0 Å². The first kappa shape index (κ1) is 10.0. The van der Waals surface area contributed by atoms with Crippen LogP contribution in [0, 0.1) is 0 Å². The van der Waals surface area contributed by atoms with Gasteiger partial charge in [-0.25, -0.2) is 0 Å². The minimum atomic E-state index is 0.636. The van der Waals surface area contributed by atoms with E-state index in [-0.39, 0.29) is 0 Å². The van der Waals surface area contributed by atoms with Gasteiger partial charge in [0.25, 0.3) is 0 Å². The molecule has 3 N–H and O–H groups in total. The molecule has 0 saturated heterocycles. The molecule has 0 radical (unpaired) electrons. The Hall–Kier alpha value is -1.16. The Morgan fingerprint density at radius 1 is 1.12 bits per heavy atom. The SMILES string of the molecule is NCc1ccc(-c2ccc3c(c2)CNC3)s1. The molecule has 82 valence electrons. The summed E-state index contributed by atoms with van der Waals surface area (Å²) in [5.41, 5.74) is 9.80. The minimum Gasteiger partial charge on any atom is -0.326 e. The molecule has 2 aromatic rings. The van der Waals surface area contributed by atoms with E-state index < -0.39 is 0 Å². The fourth-order valence-corrected chi connectivity index (χ4v) is 2.97. The van der Waals surface area contributed by atoms with Crippen molar-refractivity contribution in [3.05, 3.63) is 46.3 Å². The lowest BCUT2D eigenvalue weighted by Gasteiger charge is -2.01. The second-order valence-corrected chi connectivity index (χ2v) is 5.23. The maximum Gasteiger partial charge on any atom is 0.0346 e. The zero-order valence-corrected chi connectivity index (χ0v) is 9.81. The van der Waals surface area contributed by atoms with E-state index in [0.29, 0.717) is 6.54 Å². The third-order valence-electron chi connectivity index (χ3n) is 2.98. The standard InChI is InChI=1S/C13H14N2S/c14-6-12-3-4-13(16-12)9-1-2-10-7-15-8-11(10)5-9/h1-5,15H,6-8,14H2. The Labute approximate surface area is 99.1 Å². The van der Waals surface area contributed by atoms with Gasteiger partial charge in [-0.1, -0.05) is 12.1 Å². The van der Waals surface area contributed by atoms with Crippen molar-refractivity contribution >= 4 is 11.3 Å². The van der Waals surface area contributed by atoms with Crippen LogP contribution >= 0.6 is 11.3 Å². The molecule has 1 aromatic carbocycles. The van der Waals surface area contributed by atoms with Crippen LogP contribution in [0.5, 0.6) is 0 Å². The number of rotatable bonds is 2. The van der Waals surface area contributed by atoms with Crippen LogP contribution in [0.4, 0.5) is 0 Å². The molecule has 0 saturated carbocycles. The summed E-state index contributed by atoms with van der Waals surface area (Å²) in [5.74, 6) is 0. The summed E-state index contributed by atoms with van der Waals surface area (Å²) in [7, 11) is 0. The highest BCUT2D eigenvalue weighted by Crippen LogP contribution is 2.30. The normalized spacial score (nSPS) is 14.1. The van der Waals surface area contributed by atoms with Crippen molar-refractivity contribution in [3.63, 3.8) is 0 Å². The lowest BCUT2D eigenvalue weighted by molar-refractivity contribution is 0.765. The summed E-state index contributed by atoms with van der Waals surface area (Å²) in [4.78, 5) is 2.56. The summed E-state index contributed by atoms with van der Waals surface area (Å²) >= 11 is 1.79. The molecule has 3 rings (SSSR count). The summed E-state index contributed by atoms with van der Waals surface area (Å²) in [6.07, 6.45) is 0. The fraction of sp³-hybridized carbons (Fsp3) is 0.231. The van der Waals surface area contributed by atoms with Crippen LogP contribution in [-0.2, 0) is 19.6 Å². The molecule has 16 heavy (non-hydrogen) atoms. The van der Waals surface area contributed by atoms with E-state index in [4.69, 9.17) is 5.73 Å². The second kappa shape index (κ2) is 4.01. The first-order chi connectivity index (χ1) is 7.86. The van der Waals surface area contributed by atoms with Crippen molar-refractivity contribution < 1.29 is 0 Å². The number of nitrogens with two attached hydrogens (primary N) is 1. The first-order valence-corrected chi connectivity index (χ1v) is 6.30. The van der Waals surface area contributed by atoms with Gasteiger partial charge in [-0.05, 0) is 34.9 Å². The van der Waals surface area contributed by atoms with Gasteiger partial charge < -0.3 is 11.1 Å². The van der Waals surface area contributed by atoms with Gasteiger partial charge >= 0.3 is 0 Å². The van der Waals surface area contributed by atoms with Crippen LogP contribution in [0.2, 0.25) is 0 Å². The van der Waals surface area contributed by atoms with Crippen molar-refractivity contribution in [3.8, 4) is 10.4 Å². The zero-order valence-electron chi connectivity index (χ0n) is 8.99. The van der Waals surface area contributed by atoms with Crippen LogP contribution < -0.4 is 11.1 Å². The molecular formula is C13H14N2S. The number of benzene rings is 1. The Bertz CT molecular complexity index is 516. The molecular weight excluding hydrogens is 216 g/mol. The molecule has 0 atom stereocenters. The lowest BCUT2D eigenvalue weighted by Crippen LogP contribution is -1.99. The molecule has 3 heteroatoms. The van der Waals surface area contributed by atoms with Crippen molar-refractivity contribution in [2.75, 3.05) is 0 Å². The Balaban J connectivity index is 2.00. The summed E-state index contributed by atoms with van der Waals surface area (Å²) in [6, 6.07) is 11.0. The molecule has 1 aromatic heterocycles. The average Bonchev–Trinajstić information content (AvgIpc) is 2.96. The molecule has 0 amide bonds. The molecule has 1 aliphatic rings. The van der Waals surface area contributed by atoms with Crippen molar-refractivity contribution in [1.82, 2.24) is 5.32 Å². The molecule has 0 bridgehead atoms. The van der Waals surface area contributed by atoms with Crippen LogP contribution in [0.3, 0.4) is 0 Å². The highest BCUT2D eigenvalue weighted by Gasteiger charge is 2.11. The molecule has 0 aliphatic carbocycles. The van der Waals surface area contributed by atoms with Gasteiger partial charge in [0.15, 0.2) is 0 Å². The average molecular weight is 230 g/mol. The van der Waals surface area contributed by atoms with Crippen LogP contribution in [0.15, 0.2) is 30.3 Å². The molecule has 0 spiro atoms. The highest BCUT2D eigenvalue weighted by molar-refractivity contribution is 7.15. The van der Waals surface area contributed by atoms with Crippen LogP contribution in [0.1, 0.15) is 16.0 Å². The predicted molar refractivity (Wildman–Crippen MR) is 68.2 cm³/mol. The maximum atomic E-state index is 5.63. The molecule has 0 fully saturated rings. The zero-order chi connectivity index (χ0) is 11.0. The summed E-state index contributed by atoms with van der Waals surface area (Å²) < 4.78 is 0. The number of fused-ring (bicyclic) bond motifs is 1. The highest BCUT2D eigenvalue weighted by atomic mass is 32.1. The first-order valence-electron chi connectivity index (χ1n) is 5.48. The van der Waals surface area contributed by atoms with E-state index in [1.54, 1.807) is 11.3 Å². The third kappa shape index (κ3) is 1.67. The van der Waals surface area contributed by atoms with Gasteiger partial charge in [-0.2, -0.15) is 0 Å². The van der Waals surface area contributed by atoms with Crippen LogP contribution in [0.25, 0.3) is 10.4 Å². The summed E-state index contributed by atoms with van der Waals surface area (Å²) in [6.45, 7) is 2.64. The van der Waals surface area contributed by atoms with Gasteiger partial charge in [0.05, 0.1) is 0 Å². The largest absolute Gasteiger partial charge is 0.326 e. The smallest absolute Gasteiger partial charge is 0.0346 e. The second-order valence-electron chi connectivity index (χ2n) is 4.06. The van der Waals surface area contributed by atoms with Gasteiger partial charge in [0.1, 0.15) is 0 Å². The number of hydrogen-bond donors (Lipinski definition) is 2. The van der Waals surface area contributed by atoms with Crippen molar-refractivity contribution in [1.29, 1.82) is 0 Å². The van der Waals surface area contributed by atoms with Gasteiger partial charge in [-0.3, -0.25) is 0 Å². The van der Waals surface area contributed by atoms with E-state index in [1.807, 2.05) is 0 Å². The van der Waals surface area contributed by atoms with E-state index in [0.717, 1.165) is 13.1 Å². The van der Waals surface area contributed by atoms with Gasteiger partial charge in [0.2, 0.25) is 0 Å². The molecule has 2 nitrogen and oxygen atoms in total. The van der Waals surface area contributed by atoms with Gasteiger partial charge in [-0.15, -0.1) is 11.3 Å². The topological polar surface area (TPSA) is 38.0 Å². The quantitative estimate of drug-likeness (QED) is 0.831. The monoisotopic (exact) mass is 230 g/mol. The molecule has 2 heterocycles. The Morgan fingerprint density at radius 2 is 2.00 bits per heavy atom. The number of hydrogen-bond acceptors (Lipinski definition) is 3. The van der Waals surface area contributed by atoms with E-state index in [9.17, 15) is 0 Å². The number of nitrogens with one attached hydrogen (secondary N) is 1. The third-order valence-corrected chi connectivity index (χ3v) is 4.14.